The number of thiophene rings is 1. The van der Waals surface area contributed by atoms with Gasteiger partial charge in [-0.3, -0.25) is 9.59 Å². The van der Waals surface area contributed by atoms with Crippen LogP contribution in [0.2, 0.25) is 0 Å². The van der Waals surface area contributed by atoms with E-state index in [0.29, 0.717) is 29.7 Å². The molecule has 8 heteroatoms. The predicted molar refractivity (Wildman–Crippen MR) is 125 cm³/mol. The van der Waals surface area contributed by atoms with Crippen molar-refractivity contribution in [3.05, 3.63) is 70.8 Å². The Labute approximate surface area is 197 Å². The molecule has 2 atom stereocenters. The molecule has 2 aromatic heterocycles. The summed E-state index contributed by atoms with van der Waals surface area (Å²) in [4.78, 5) is 29.6. The SMILES string of the molecule is CC(C)CCNC(=O)[C@H](c1ccco1)N(Cc1cccs1)C(=O)[C@@H]1COc2ccccc2O1. The van der Waals surface area contributed by atoms with Crippen molar-refractivity contribution >= 4 is 23.2 Å². The highest BCUT2D eigenvalue weighted by molar-refractivity contribution is 7.09. The van der Waals surface area contributed by atoms with Crippen molar-refractivity contribution < 1.29 is 23.5 Å². The highest BCUT2D eigenvalue weighted by atomic mass is 32.1. The minimum atomic E-state index is -0.928. The fourth-order valence-electron chi connectivity index (χ4n) is 3.64. The second-order valence-electron chi connectivity index (χ2n) is 8.30. The summed E-state index contributed by atoms with van der Waals surface area (Å²) in [5, 5.41) is 4.92. The monoisotopic (exact) mass is 468 g/mol. The lowest BCUT2D eigenvalue weighted by molar-refractivity contribution is -0.149. The van der Waals surface area contributed by atoms with Crippen molar-refractivity contribution in [1.82, 2.24) is 10.2 Å². The summed E-state index contributed by atoms with van der Waals surface area (Å²) in [6.45, 7) is 5.03. The summed E-state index contributed by atoms with van der Waals surface area (Å²) >= 11 is 1.52. The Bertz CT molecular complexity index is 1050. The van der Waals surface area contributed by atoms with Crippen LogP contribution in [-0.2, 0) is 16.1 Å². The van der Waals surface area contributed by atoms with Crippen molar-refractivity contribution in [2.45, 2.75) is 39.0 Å². The number of furan rings is 1. The van der Waals surface area contributed by atoms with Crippen LogP contribution in [0.5, 0.6) is 11.5 Å². The molecule has 1 aliphatic heterocycles. The molecule has 0 saturated carbocycles. The highest BCUT2D eigenvalue weighted by Crippen LogP contribution is 2.33. The molecule has 33 heavy (non-hydrogen) atoms. The van der Waals surface area contributed by atoms with Crippen LogP contribution in [0.1, 0.15) is 36.9 Å². The minimum absolute atomic E-state index is 0.0661. The Morgan fingerprint density at radius 1 is 1.12 bits per heavy atom. The molecule has 0 aliphatic carbocycles. The van der Waals surface area contributed by atoms with Gasteiger partial charge in [-0.1, -0.05) is 32.0 Å². The normalized spacial score (nSPS) is 15.8. The van der Waals surface area contributed by atoms with Gasteiger partial charge in [0.2, 0.25) is 6.10 Å². The predicted octanol–water partition coefficient (Wildman–Crippen LogP) is 4.41. The van der Waals surface area contributed by atoms with E-state index in [1.165, 1.54) is 22.5 Å². The first-order chi connectivity index (χ1) is 16.0. The molecule has 0 fully saturated rings. The molecule has 1 aromatic carbocycles. The van der Waals surface area contributed by atoms with Gasteiger partial charge in [-0.15, -0.1) is 11.3 Å². The summed E-state index contributed by atoms with van der Waals surface area (Å²) in [5.74, 6) is 1.34. The fourth-order valence-corrected chi connectivity index (χ4v) is 4.35. The van der Waals surface area contributed by atoms with Crippen LogP contribution in [-0.4, -0.2) is 36.0 Å². The van der Waals surface area contributed by atoms with E-state index < -0.39 is 12.1 Å². The molecular formula is C25H28N2O5S. The first-order valence-electron chi connectivity index (χ1n) is 11.1. The Morgan fingerprint density at radius 3 is 2.64 bits per heavy atom. The molecule has 0 saturated heterocycles. The summed E-state index contributed by atoms with van der Waals surface area (Å²) in [6, 6.07) is 13.6. The molecule has 7 nitrogen and oxygen atoms in total. The summed E-state index contributed by atoms with van der Waals surface area (Å²) in [6.07, 6.45) is 1.47. The average molecular weight is 469 g/mol. The molecule has 2 amide bonds. The Kier molecular flexibility index (Phi) is 7.34. The van der Waals surface area contributed by atoms with Crippen LogP contribution >= 0.6 is 11.3 Å². The van der Waals surface area contributed by atoms with E-state index in [9.17, 15) is 9.59 Å². The molecule has 0 unspecified atom stereocenters. The van der Waals surface area contributed by atoms with Crippen molar-refractivity contribution in [1.29, 1.82) is 0 Å². The smallest absolute Gasteiger partial charge is 0.268 e. The van der Waals surface area contributed by atoms with Crippen molar-refractivity contribution in [3.63, 3.8) is 0 Å². The number of hydrogen-bond donors (Lipinski definition) is 1. The number of fused-ring (bicyclic) bond motifs is 1. The third-order valence-electron chi connectivity index (χ3n) is 5.37. The van der Waals surface area contributed by atoms with Crippen LogP contribution < -0.4 is 14.8 Å². The number of para-hydroxylation sites is 2. The van der Waals surface area contributed by atoms with E-state index >= 15 is 0 Å². The topological polar surface area (TPSA) is 81.0 Å². The van der Waals surface area contributed by atoms with E-state index in [1.807, 2.05) is 29.6 Å². The van der Waals surface area contributed by atoms with Gasteiger partial charge in [-0.2, -0.15) is 0 Å². The number of hydrogen-bond acceptors (Lipinski definition) is 6. The van der Waals surface area contributed by atoms with Gasteiger partial charge >= 0.3 is 0 Å². The highest BCUT2D eigenvalue weighted by Gasteiger charge is 2.39. The number of carbonyl (C=O) groups is 2. The van der Waals surface area contributed by atoms with Gasteiger partial charge in [0.05, 0.1) is 12.8 Å². The average Bonchev–Trinajstić information content (AvgIpc) is 3.52. The molecule has 1 aliphatic rings. The molecule has 4 rings (SSSR count). The van der Waals surface area contributed by atoms with Gasteiger partial charge in [0.15, 0.2) is 17.5 Å². The first-order valence-corrected chi connectivity index (χ1v) is 11.9. The van der Waals surface area contributed by atoms with Gasteiger partial charge in [-0.25, -0.2) is 0 Å². The standard InChI is InChI=1S/C25H28N2O5S/c1-17(2)11-12-26-24(28)23(21-10-5-13-30-21)27(15-18-7-6-14-33-18)25(29)22-16-31-19-8-3-4-9-20(19)32-22/h3-10,13-14,17,22-23H,11-12,15-16H2,1-2H3,(H,26,28)/t22-,23-/m0/s1. The Hall–Kier alpha value is -3.26. The van der Waals surface area contributed by atoms with Gasteiger partial charge in [0, 0.05) is 11.4 Å². The zero-order chi connectivity index (χ0) is 23.2. The zero-order valence-electron chi connectivity index (χ0n) is 18.7. The van der Waals surface area contributed by atoms with Gasteiger partial charge in [0.25, 0.3) is 11.8 Å². The second-order valence-corrected chi connectivity index (χ2v) is 9.33. The van der Waals surface area contributed by atoms with Gasteiger partial charge in [-0.05, 0) is 48.1 Å². The van der Waals surface area contributed by atoms with Crippen LogP contribution in [0.4, 0.5) is 0 Å². The van der Waals surface area contributed by atoms with E-state index in [-0.39, 0.29) is 25.0 Å². The van der Waals surface area contributed by atoms with Crippen LogP contribution in [0.3, 0.4) is 0 Å². The molecule has 3 heterocycles. The third kappa shape index (κ3) is 5.57. The quantitative estimate of drug-likeness (QED) is 0.503. The Balaban J connectivity index is 1.62. The third-order valence-corrected chi connectivity index (χ3v) is 6.23. The number of benzene rings is 1. The molecule has 3 aromatic rings. The molecule has 0 bridgehead atoms. The molecule has 0 radical (unpaired) electrons. The Morgan fingerprint density at radius 2 is 1.94 bits per heavy atom. The van der Waals surface area contributed by atoms with E-state index in [2.05, 4.69) is 19.2 Å². The number of rotatable bonds is 9. The molecule has 0 spiro atoms. The lowest BCUT2D eigenvalue weighted by Gasteiger charge is -2.34. The summed E-state index contributed by atoms with van der Waals surface area (Å²) in [7, 11) is 0. The van der Waals surface area contributed by atoms with Crippen molar-refractivity contribution in [2.75, 3.05) is 13.2 Å². The molecule has 174 valence electrons. The number of amides is 2. The second kappa shape index (κ2) is 10.6. The largest absolute Gasteiger partial charge is 0.485 e. The lowest BCUT2D eigenvalue weighted by atomic mass is 10.1. The molecular weight excluding hydrogens is 440 g/mol. The number of carbonyl (C=O) groups excluding carboxylic acids is 2. The zero-order valence-corrected chi connectivity index (χ0v) is 19.5. The van der Waals surface area contributed by atoms with Gasteiger partial charge in [0.1, 0.15) is 12.4 Å². The maximum absolute atomic E-state index is 13.8. The first kappa shape index (κ1) is 22.9. The lowest BCUT2D eigenvalue weighted by Crippen LogP contribution is -2.50. The minimum Gasteiger partial charge on any atom is -0.485 e. The summed E-state index contributed by atoms with van der Waals surface area (Å²) in [5.41, 5.74) is 0. The van der Waals surface area contributed by atoms with E-state index in [0.717, 1.165) is 11.3 Å². The van der Waals surface area contributed by atoms with E-state index in [4.69, 9.17) is 13.9 Å². The van der Waals surface area contributed by atoms with Crippen LogP contribution in [0, 0.1) is 5.92 Å². The fraction of sp³-hybridized carbons (Fsp3) is 0.360. The summed E-state index contributed by atoms with van der Waals surface area (Å²) < 4.78 is 17.4. The van der Waals surface area contributed by atoms with Crippen molar-refractivity contribution in [3.8, 4) is 11.5 Å². The number of ether oxygens (including phenoxy) is 2. The number of nitrogens with zero attached hydrogens (tertiary/aromatic N) is 1. The number of nitrogens with one attached hydrogen (secondary N) is 1. The maximum atomic E-state index is 13.8. The maximum Gasteiger partial charge on any atom is 0.268 e. The van der Waals surface area contributed by atoms with Crippen molar-refractivity contribution in [2.24, 2.45) is 5.92 Å². The van der Waals surface area contributed by atoms with Gasteiger partial charge < -0.3 is 24.1 Å². The molecule has 1 N–H and O–H groups in total. The van der Waals surface area contributed by atoms with E-state index in [1.54, 1.807) is 24.3 Å². The van der Waals surface area contributed by atoms with Crippen LogP contribution in [0.15, 0.2) is 64.6 Å². The van der Waals surface area contributed by atoms with Crippen LogP contribution in [0.25, 0.3) is 0 Å².